The highest BCUT2D eigenvalue weighted by atomic mass is 16.6. The predicted molar refractivity (Wildman–Crippen MR) is 63.7 cm³/mol. The zero-order valence-electron chi connectivity index (χ0n) is 10.3. The van der Waals surface area contributed by atoms with Crippen molar-refractivity contribution in [3.05, 3.63) is 0 Å². The van der Waals surface area contributed by atoms with Gasteiger partial charge in [0.05, 0.1) is 25.9 Å². The average Bonchev–Trinajstić information content (AvgIpc) is 2.53. The highest BCUT2D eigenvalue weighted by Gasteiger charge is 2.18. The van der Waals surface area contributed by atoms with Gasteiger partial charge >= 0.3 is 0 Å². The van der Waals surface area contributed by atoms with Crippen LogP contribution in [0.5, 0.6) is 0 Å². The second kappa shape index (κ2) is 6.55. The van der Waals surface area contributed by atoms with E-state index in [1.165, 1.54) is 32.4 Å². The zero-order chi connectivity index (χ0) is 11.2. The van der Waals surface area contributed by atoms with Gasteiger partial charge in [-0.25, -0.2) is 0 Å². The summed E-state index contributed by atoms with van der Waals surface area (Å²) in [4.78, 5) is 2.42. The molecule has 2 saturated heterocycles. The van der Waals surface area contributed by atoms with Crippen LogP contribution >= 0.6 is 0 Å². The molecule has 1 N–H and O–H groups in total. The molecule has 0 amide bonds. The predicted octanol–water partition coefficient (Wildman–Crippen LogP) is 0.476. The van der Waals surface area contributed by atoms with Crippen LogP contribution in [-0.2, 0) is 9.47 Å². The van der Waals surface area contributed by atoms with Gasteiger partial charge in [0.1, 0.15) is 0 Å². The molecule has 2 atom stereocenters. The fraction of sp³-hybridized carbons (Fsp3) is 1.00. The first-order valence-electron chi connectivity index (χ1n) is 6.46. The number of likely N-dealkylation sites (tertiary alicyclic amines) is 1. The molecule has 94 valence electrons. The molecule has 0 aromatic carbocycles. The molecule has 0 spiro atoms. The van der Waals surface area contributed by atoms with Crippen molar-refractivity contribution in [2.24, 2.45) is 0 Å². The first-order valence-corrected chi connectivity index (χ1v) is 6.46. The fourth-order valence-electron chi connectivity index (χ4n) is 2.40. The van der Waals surface area contributed by atoms with Crippen LogP contribution in [0, 0.1) is 0 Å². The molecule has 2 aliphatic rings. The molecule has 4 heteroatoms. The third kappa shape index (κ3) is 4.01. The Morgan fingerprint density at radius 1 is 1.25 bits per heavy atom. The highest BCUT2D eigenvalue weighted by molar-refractivity contribution is 4.75. The Kier molecular flexibility index (Phi) is 5.03. The minimum atomic E-state index is 0.259. The lowest BCUT2D eigenvalue weighted by Crippen LogP contribution is -2.41. The third-order valence-electron chi connectivity index (χ3n) is 3.47. The van der Waals surface area contributed by atoms with Crippen LogP contribution in [0.25, 0.3) is 0 Å². The van der Waals surface area contributed by atoms with Gasteiger partial charge in [-0.15, -0.1) is 0 Å². The van der Waals surface area contributed by atoms with Gasteiger partial charge < -0.3 is 19.7 Å². The molecule has 0 aliphatic carbocycles. The Morgan fingerprint density at radius 3 is 3.00 bits per heavy atom. The normalized spacial score (nSPS) is 33.6. The standard InChI is InChI=1S/C12H24N2O2/c1-14-5-2-3-11(4-6-14)13-9-12-10-15-7-8-16-12/h11-13H,2-10H2,1H3. The Morgan fingerprint density at radius 2 is 2.19 bits per heavy atom. The van der Waals surface area contributed by atoms with Gasteiger partial charge in [-0.05, 0) is 39.4 Å². The molecule has 2 fully saturated rings. The van der Waals surface area contributed by atoms with Crippen LogP contribution in [0.4, 0.5) is 0 Å². The smallest absolute Gasteiger partial charge is 0.0933 e. The maximum Gasteiger partial charge on any atom is 0.0933 e. The molecule has 0 bridgehead atoms. The van der Waals surface area contributed by atoms with E-state index in [2.05, 4.69) is 17.3 Å². The molecular formula is C12H24N2O2. The van der Waals surface area contributed by atoms with Crippen LogP contribution in [0.2, 0.25) is 0 Å². The maximum atomic E-state index is 5.62. The number of hydrogen-bond acceptors (Lipinski definition) is 4. The van der Waals surface area contributed by atoms with Crippen LogP contribution in [0.1, 0.15) is 19.3 Å². The molecular weight excluding hydrogens is 204 g/mol. The molecule has 0 aromatic heterocycles. The van der Waals surface area contributed by atoms with Crippen molar-refractivity contribution in [3.8, 4) is 0 Å². The molecule has 0 saturated carbocycles. The van der Waals surface area contributed by atoms with Gasteiger partial charge in [0.25, 0.3) is 0 Å². The molecule has 2 aliphatic heterocycles. The molecule has 2 rings (SSSR count). The number of nitrogens with one attached hydrogen (secondary N) is 1. The second-order valence-electron chi connectivity index (χ2n) is 4.91. The number of hydrogen-bond donors (Lipinski definition) is 1. The van der Waals surface area contributed by atoms with E-state index >= 15 is 0 Å². The van der Waals surface area contributed by atoms with Crippen molar-refractivity contribution < 1.29 is 9.47 Å². The van der Waals surface area contributed by atoms with Gasteiger partial charge in [0.15, 0.2) is 0 Å². The number of nitrogens with zero attached hydrogens (tertiary/aromatic N) is 1. The van der Waals surface area contributed by atoms with E-state index in [0.29, 0.717) is 6.04 Å². The summed E-state index contributed by atoms with van der Waals surface area (Å²) in [6.45, 7) is 5.64. The number of rotatable bonds is 3. The lowest BCUT2D eigenvalue weighted by Gasteiger charge is -2.25. The third-order valence-corrected chi connectivity index (χ3v) is 3.47. The summed E-state index contributed by atoms with van der Waals surface area (Å²) in [5, 5.41) is 3.62. The molecule has 0 aromatic rings. The van der Waals surface area contributed by atoms with E-state index < -0.39 is 0 Å². The van der Waals surface area contributed by atoms with E-state index in [1.54, 1.807) is 0 Å². The average molecular weight is 228 g/mol. The van der Waals surface area contributed by atoms with Crippen molar-refractivity contribution in [1.82, 2.24) is 10.2 Å². The lowest BCUT2D eigenvalue weighted by molar-refractivity contribution is -0.0871. The van der Waals surface area contributed by atoms with Gasteiger partial charge in [-0.3, -0.25) is 0 Å². The SMILES string of the molecule is CN1CCCC(NCC2COCCO2)CC1. The Balaban J connectivity index is 1.64. The van der Waals surface area contributed by atoms with E-state index in [-0.39, 0.29) is 6.10 Å². The summed E-state index contributed by atoms with van der Waals surface area (Å²) >= 11 is 0. The van der Waals surface area contributed by atoms with Crippen LogP contribution in [0.3, 0.4) is 0 Å². The molecule has 4 nitrogen and oxygen atoms in total. The van der Waals surface area contributed by atoms with Crippen molar-refractivity contribution >= 4 is 0 Å². The Labute approximate surface area is 98.3 Å². The summed E-state index contributed by atoms with van der Waals surface area (Å²) in [5.41, 5.74) is 0. The Bertz CT molecular complexity index is 195. The molecule has 0 radical (unpaired) electrons. The van der Waals surface area contributed by atoms with Crippen molar-refractivity contribution in [2.75, 3.05) is 46.5 Å². The summed E-state index contributed by atoms with van der Waals surface area (Å²) in [6.07, 6.45) is 4.10. The van der Waals surface area contributed by atoms with E-state index in [0.717, 1.165) is 26.4 Å². The summed E-state index contributed by atoms with van der Waals surface area (Å²) in [6, 6.07) is 0.662. The second-order valence-corrected chi connectivity index (χ2v) is 4.91. The number of ether oxygens (including phenoxy) is 2. The molecule has 2 heterocycles. The minimum absolute atomic E-state index is 0.259. The maximum absolute atomic E-state index is 5.62. The van der Waals surface area contributed by atoms with Crippen LogP contribution in [-0.4, -0.2) is 63.5 Å². The quantitative estimate of drug-likeness (QED) is 0.761. The molecule has 16 heavy (non-hydrogen) atoms. The Hall–Kier alpha value is -0.160. The lowest BCUT2D eigenvalue weighted by atomic mass is 10.1. The van der Waals surface area contributed by atoms with Gasteiger partial charge in [0.2, 0.25) is 0 Å². The van der Waals surface area contributed by atoms with Crippen LogP contribution < -0.4 is 5.32 Å². The zero-order valence-corrected chi connectivity index (χ0v) is 10.3. The molecule has 2 unspecified atom stereocenters. The largest absolute Gasteiger partial charge is 0.376 e. The summed E-state index contributed by atoms with van der Waals surface area (Å²) < 4.78 is 11.0. The minimum Gasteiger partial charge on any atom is -0.376 e. The first-order chi connectivity index (χ1) is 7.84. The van der Waals surface area contributed by atoms with Gasteiger partial charge in [-0.1, -0.05) is 0 Å². The van der Waals surface area contributed by atoms with Crippen LogP contribution in [0.15, 0.2) is 0 Å². The van der Waals surface area contributed by atoms with E-state index in [4.69, 9.17) is 9.47 Å². The van der Waals surface area contributed by atoms with Crippen molar-refractivity contribution in [1.29, 1.82) is 0 Å². The van der Waals surface area contributed by atoms with Gasteiger partial charge in [-0.2, -0.15) is 0 Å². The first kappa shape index (κ1) is 12.3. The summed E-state index contributed by atoms with van der Waals surface area (Å²) in [7, 11) is 2.21. The van der Waals surface area contributed by atoms with E-state index in [9.17, 15) is 0 Å². The fourth-order valence-corrected chi connectivity index (χ4v) is 2.40. The highest BCUT2D eigenvalue weighted by Crippen LogP contribution is 2.10. The van der Waals surface area contributed by atoms with Crippen molar-refractivity contribution in [2.45, 2.75) is 31.4 Å². The topological polar surface area (TPSA) is 33.7 Å². The van der Waals surface area contributed by atoms with Gasteiger partial charge in [0, 0.05) is 12.6 Å². The summed E-state index contributed by atoms with van der Waals surface area (Å²) in [5.74, 6) is 0. The monoisotopic (exact) mass is 228 g/mol. The van der Waals surface area contributed by atoms with E-state index in [1.807, 2.05) is 0 Å². The van der Waals surface area contributed by atoms with Crippen molar-refractivity contribution in [3.63, 3.8) is 0 Å².